The zero-order valence-electron chi connectivity index (χ0n) is 9.06. The highest BCUT2D eigenvalue weighted by Gasteiger charge is 2.22. The lowest BCUT2D eigenvalue weighted by atomic mass is 10.2. The van der Waals surface area contributed by atoms with Crippen LogP contribution in [-0.2, 0) is 6.61 Å². The molecule has 1 aliphatic heterocycles. The summed E-state index contributed by atoms with van der Waals surface area (Å²) in [6.45, 7) is 2.07. The third kappa shape index (κ3) is 2.29. The lowest BCUT2D eigenvalue weighted by Gasteiger charge is -2.22. The van der Waals surface area contributed by atoms with Crippen LogP contribution in [0.5, 0.6) is 0 Å². The van der Waals surface area contributed by atoms with E-state index in [2.05, 4.69) is 16.9 Å². The molecule has 0 aliphatic carbocycles. The molecule has 84 valence electrons. The van der Waals surface area contributed by atoms with Gasteiger partial charge in [0, 0.05) is 18.8 Å². The number of hydrogen-bond acceptors (Lipinski definition) is 5. The monoisotopic (exact) mass is 244 g/mol. The van der Waals surface area contributed by atoms with Crippen molar-refractivity contribution in [3.63, 3.8) is 0 Å². The molecule has 0 bridgehead atoms. The smallest absolute Gasteiger partial charge is 0.185 e. The van der Waals surface area contributed by atoms with Gasteiger partial charge in [0.15, 0.2) is 5.13 Å². The Morgan fingerprint density at radius 2 is 2.40 bits per heavy atom. The van der Waals surface area contributed by atoms with E-state index in [-0.39, 0.29) is 6.61 Å². The average molecular weight is 244 g/mol. The number of rotatable bonds is 3. The zero-order valence-corrected chi connectivity index (χ0v) is 10.7. The van der Waals surface area contributed by atoms with E-state index in [1.165, 1.54) is 17.9 Å². The Morgan fingerprint density at radius 3 is 2.93 bits per heavy atom. The van der Waals surface area contributed by atoms with Crippen molar-refractivity contribution < 1.29 is 5.11 Å². The van der Waals surface area contributed by atoms with E-state index in [1.807, 2.05) is 18.7 Å². The topological polar surface area (TPSA) is 36.4 Å². The number of hydrogen-bond donors (Lipinski definition) is 1. The van der Waals surface area contributed by atoms with Crippen LogP contribution in [-0.4, -0.2) is 34.7 Å². The van der Waals surface area contributed by atoms with E-state index in [0.717, 1.165) is 15.7 Å². The maximum Gasteiger partial charge on any atom is 0.185 e. The molecule has 1 fully saturated rings. The van der Waals surface area contributed by atoms with Gasteiger partial charge in [0.05, 0.1) is 17.2 Å². The molecule has 5 heteroatoms. The van der Waals surface area contributed by atoms with E-state index < -0.39 is 0 Å². The molecule has 1 N–H and O–H groups in total. The van der Waals surface area contributed by atoms with E-state index in [9.17, 15) is 0 Å². The van der Waals surface area contributed by atoms with Crippen molar-refractivity contribution in [1.82, 2.24) is 4.98 Å². The summed E-state index contributed by atoms with van der Waals surface area (Å²) in [5.41, 5.74) is 0.968. The number of aromatic nitrogens is 1. The summed E-state index contributed by atoms with van der Waals surface area (Å²) in [6.07, 6.45) is 1.24. The largest absolute Gasteiger partial charge is 0.391 e. The van der Waals surface area contributed by atoms with Crippen molar-refractivity contribution in [3.05, 3.63) is 10.6 Å². The van der Waals surface area contributed by atoms with E-state index in [1.54, 1.807) is 11.3 Å². The fraction of sp³-hybridized carbons (Fsp3) is 0.700. The van der Waals surface area contributed by atoms with Gasteiger partial charge in [0.2, 0.25) is 0 Å². The first kappa shape index (κ1) is 11.2. The van der Waals surface area contributed by atoms with Crippen LogP contribution < -0.4 is 4.90 Å². The molecular weight excluding hydrogens is 228 g/mol. The summed E-state index contributed by atoms with van der Waals surface area (Å²) in [7, 11) is 2.11. The Bertz CT molecular complexity index is 334. The van der Waals surface area contributed by atoms with Gasteiger partial charge in [0.1, 0.15) is 0 Å². The lowest BCUT2D eigenvalue weighted by Crippen LogP contribution is -2.31. The third-order valence-electron chi connectivity index (χ3n) is 2.78. The van der Waals surface area contributed by atoms with E-state index in [4.69, 9.17) is 5.11 Å². The van der Waals surface area contributed by atoms with E-state index >= 15 is 0 Å². The number of thioether (sulfide) groups is 1. The molecule has 1 unspecified atom stereocenters. The molecule has 0 radical (unpaired) electrons. The fourth-order valence-corrected chi connectivity index (χ4v) is 3.92. The van der Waals surface area contributed by atoms with Crippen LogP contribution in [0.2, 0.25) is 0 Å². The van der Waals surface area contributed by atoms with Crippen molar-refractivity contribution in [1.29, 1.82) is 0 Å². The zero-order chi connectivity index (χ0) is 10.8. The van der Waals surface area contributed by atoms with Crippen molar-refractivity contribution in [2.75, 3.05) is 23.5 Å². The molecule has 0 spiro atoms. The second kappa shape index (κ2) is 4.72. The first-order valence-corrected chi connectivity index (χ1v) is 7.07. The second-order valence-corrected chi connectivity index (χ2v) is 6.00. The van der Waals surface area contributed by atoms with Gasteiger partial charge >= 0.3 is 0 Å². The standard InChI is InChI=1S/C10H16N2OS2/c1-7-9(5-13)15-10(11-7)12(2)8-3-4-14-6-8/h8,13H,3-6H2,1-2H3. The second-order valence-electron chi connectivity index (χ2n) is 3.79. The van der Waals surface area contributed by atoms with Crippen molar-refractivity contribution in [2.24, 2.45) is 0 Å². The molecule has 1 atom stereocenters. The molecule has 1 aromatic heterocycles. The summed E-state index contributed by atoms with van der Waals surface area (Å²) in [4.78, 5) is 7.75. The first-order chi connectivity index (χ1) is 7.22. The number of aliphatic hydroxyl groups is 1. The SMILES string of the molecule is Cc1nc(N(C)C2CCSC2)sc1CO. The highest BCUT2D eigenvalue weighted by molar-refractivity contribution is 7.99. The van der Waals surface area contributed by atoms with E-state index in [0.29, 0.717) is 6.04 Å². The predicted octanol–water partition coefficient (Wildman–Crippen LogP) is 1.89. The number of anilines is 1. The van der Waals surface area contributed by atoms with Crippen LogP contribution in [0.15, 0.2) is 0 Å². The van der Waals surface area contributed by atoms with Crippen molar-refractivity contribution in [2.45, 2.75) is 26.0 Å². The quantitative estimate of drug-likeness (QED) is 0.881. The van der Waals surface area contributed by atoms with Crippen LogP contribution in [0.25, 0.3) is 0 Å². The summed E-state index contributed by atoms with van der Waals surface area (Å²) < 4.78 is 0. The number of aryl methyl sites for hydroxylation is 1. The van der Waals surface area contributed by atoms with Crippen molar-refractivity contribution >= 4 is 28.2 Å². The predicted molar refractivity (Wildman–Crippen MR) is 66.9 cm³/mol. The minimum Gasteiger partial charge on any atom is -0.391 e. The molecule has 0 amide bonds. The van der Waals surface area contributed by atoms with Crippen molar-refractivity contribution in [3.8, 4) is 0 Å². The number of aliphatic hydroxyl groups excluding tert-OH is 1. The first-order valence-electron chi connectivity index (χ1n) is 5.10. The Balaban J connectivity index is 2.13. The summed E-state index contributed by atoms with van der Waals surface area (Å²) in [6, 6.07) is 0.618. The van der Waals surface area contributed by atoms with Crippen LogP contribution >= 0.6 is 23.1 Å². The summed E-state index contributed by atoms with van der Waals surface area (Å²) in [5, 5.41) is 10.2. The van der Waals surface area contributed by atoms with Crippen LogP contribution in [0.3, 0.4) is 0 Å². The molecule has 2 rings (SSSR count). The van der Waals surface area contributed by atoms with Gasteiger partial charge in [-0.3, -0.25) is 0 Å². The van der Waals surface area contributed by atoms with Crippen LogP contribution in [0.4, 0.5) is 5.13 Å². The third-order valence-corrected chi connectivity index (χ3v) is 5.16. The van der Waals surface area contributed by atoms with Gasteiger partial charge in [-0.2, -0.15) is 11.8 Å². The molecule has 1 aromatic rings. The van der Waals surface area contributed by atoms with Gasteiger partial charge < -0.3 is 10.0 Å². The van der Waals surface area contributed by atoms with Gasteiger partial charge in [0.25, 0.3) is 0 Å². The molecule has 15 heavy (non-hydrogen) atoms. The Kier molecular flexibility index (Phi) is 3.53. The molecule has 1 aliphatic rings. The maximum atomic E-state index is 9.13. The minimum atomic E-state index is 0.108. The number of thiazole rings is 1. The highest BCUT2D eigenvalue weighted by atomic mass is 32.2. The molecule has 3 nitrogen and oxygen atoms in total. The van der Waals surface area contributed by atoms with Gasteiger partial charge in [-0.15, -0.1) is 0 Å². The molecule has 0 aromatic carbocycles. The molecule has 2 heterocycles. The average Bonchev–Trinajstić information content (AvgIpc) is 2.85. The number of nitrogens with zero attached hydrogens (tertiary/aromatic N) is 2. The molecule has 1 saturated heterocycles. The van der Waals surface area contributed by atoms with Gasteiger partial charge in [-0.1, -0.05) is 11.3 Å². The highest BCUT2D eigenvalue weighted by Crippen LogP contribution is 2.30. The Morgan fingerprint density at radius 1 is 1.60 bits per heavy atom. The Hall–Kier alpha value is -0.260. The minimum absolute atomic E-state index is 0.108. The molecule has 0 saturated carbocycles. The lowest BCUT2D eigenvalue weighted by molar-refractivity contribution is 0.284. The van der Waals surface area contributed by atoms with Crippen LogP contribution in [0.1, 0.15) is 17.0 Å². The Labute approximate surface area is 98.5 Å². The fourth-order valence-electron chi connectivity index (χ4n) is 1.69. The van der Waals surface area contributed by atoms with Crippen LogP contribution in [0, 0.1) is 6.92 Å². The van der Waals surface area contributed by atoms with Gasteiger partial charge in [-0.05, 0) is 19.1 Å². The molecular formula is C10H16N2OS2. The summed E-state index contributed by atoms with van der Waals surface area (Å²) >= 11 is 3.62. The van der Waals surface area contributed by atoms with Gasteiger partial charge in [-0.25, -0.2) is 4.98 Å². The normalized spacial score (nSPS) is 20.9. The summed E-state index contributed by atoms with van der Waals surface area (Å²) in [5.74, 6) is 2.45. The maximum absolute atomic E-state index is 9.13.